The first-order chi connectivity index (χ1) is 8.60. The van der Waals surface area contributed by atoms with Crippen molar-refractivity contribution >= 4 is 28.1 Å². The molecule has 0 aliphatic carbocycles. The first-order valence-corrected chi connectivity index (χ1v) is 5.88. The quantitative estimate of drug-likeness (QED) is 0.833. The van der Waals surface area contributed by atoms with Gasteiger partial charge in [-0.1, -0.05) is 0 Å². The number of nitroso groups, excluding NO2 is 1. The molecule has 2 rings (SSSR count). The summed E-state index contributed by atoms with van der Waals surface area (Å²) >= 11 is 1.25. The van der Waals surface area contributed by atoms with E-state index in [1.807, 2.05) is 0 Å². The maximum atomic E-state index is 10.9. The number of anilines is 1. The number of amides is 1. The van der Waals surface area contributed by atoms with Crippen LogP contribution in [0.3, 0.4) is 0 Å². The van der Waals surface area contributed by atoms with Crippen molar-refractivity contribution in [2.45, 2.75) is 6.92 Å². The van der Waals surface area contributed by atoms with Gasteiger partial charge < -0.3 is 10.4 Å². The number of hydrogen-bond acceptors (Lipinski definition) is 6. The van der Waals surface area contributed by atoms with E-state index in [1.165, 1.54) is 30.4 Å². The van der Waals surface area contributed by atoms with Crippen LogP contribution in [0.25, 0.3) is 11.3 Å². The molecule has 1 amide bonds. The minimum Gasteiger partial charge on any atom is -0.507 e. The molecule has 0 fully saturated rings. The van der Waals surface area contributed by atoms with Crippen molar-refractivity contribution in [2.24, 2.45) is 5.18 Å². The van der Waals surface area contributed by atoms with E-state index >= 15 is 0 Å². The van der Waals surface area contributed by atoms with Gasteiger partial charge in [-0.2, -0.15) is 0 Å². The summed E-state index contributed by atoms with van der Waals surface area (Å²) in [6.45, 7) is 1.39. The van der Waals surface area contributed by atoms with Crippen LogP contribution in [-0.2, 0) is 4.79 Å². The molecule has 1 aromatic heterocycles. The number of nitrogens with one attached hydrogen (secondary N) is 1. The van der Waals surface area contributed by atoms with Crippen LogP contribution in [0.1, 0.15) is 6.92 Å². The predicted molar refractivity (Wildman–Crippen MR) is 69.0 cm³/mol. The first-order valence-electron chi connectivity index (χ1n) is 5.00. The average molecular weight is 263 g/mol. The fourth-order valence-electron chi connectivity index (χ4n) is 1.40. The molecule has 0 spiro atoms. The second-order valence-corrected chi connectivity index (χ2v) is 4.37. The lowest BCUT2D eigenvalue weighted by Crippen LogP contribution is -2.04. The number of carbonyl (C=O) groups is 1. The van der Waals surface area contributed by atoms with E-state index in [-0.39, 0.29) is 17.3 Å². The van der Waals surface area contributed by atoms with Gasteiger partial charge in [-0.15, -0.1) is 16.2 Å². The summed E-state index contributed by atoms with van der Waals surface area (Å²) in [5.74, 6) is -0.285. The zero-order chi connectivity index (χ0) is 13.1. The van der Waals surface area contributed by atoms with E-state index in [0.717, 1.165) is 0 Å². The highest BCUT2D eigenvalue weighted by Crippen LogP contribution is 2.34. The lowest BCUT2D eigenvalue weighted by atomic mass is 10.1. The topological polar surface area (TPSA) is 91.7 Å². The van der Waals surface area contributed by atoms with Crippen molar-refractivity contribution in [3.8, 4) is 17.0 Å². The number of aromatic nitrogens is 1. The molecular formula is C11H9N3O3S. The highest BCUT2D eigenvalue weighted by Gasteiger charge is 2.10. The Morgan fingerprint density at radius 2 is 2.28 bits per heavy atom. The monoisotopic (exact) mass is 263 g/mol. The van der Waals surface area contributed by atoms with Crippen molar-refractivity contribution in [1.82, 2.24) is 4.98 Å². The Kier molecular flexibility index (Phi) is 3.33. The molecular weight excluding hydrogens is 254 g/mol. The van der Waals surface area contributed by atoms with E-state index in [0.29, 0.717) is 16.4 Å². The summed E-state index contributed by atoms with van der Waals surface area (Å²) in [6.07, 6.45) is 0. The number of benzene rings is 1. The predicted octanol–water partition coefficient (Wildman–Crippen LogP) is 2.87. The van der Waals surface area contributed by atoms with Gasteiger partial charge in [0.15, 0.2) is 5.13 Å². The number of phenols is 1. The molecule has 1 heterocycles. The van der Waals surface area contributed by atoms with Crippen LogP contribution in [0.2, 0.25) is 0 Å². The average Bonchev–Trinajstić information content (AvgIpc) is 2.76. The maximum Gasteiger partial charge on any atom is 0.223 e. The zero-order valence-corrected chi connectivity index (χ0v) is 10.2. The maximum absolute atomic E-state index is 10.9. The van der Waals surface area contributed by atoms with Crippen molar-refractivity contribution in [3.63, 3.8) is 0 Å². The fourth-order valence-corrected chi connectivity index (χ4v) is 2.16. The molecule has 6 nitrogen and oxygen atoms in total. The smallest absolute Gasteiger partial charge is 0.223 e. The highest BCUT2D eigenvalue weighted by atomic mass is 32.1. The lowest BCUT2D eigenvalue weighted by Gasteiger charge is -2.01. The van der Waals surface area contributed by atoms with Crippen LogP contribution in [0.4, 0.5) is 10.8 Å². The second-order valence-electron chi connectivity index (χ2n) is 3.51. The molecule has 0 saturated heterocycles. The van der Waals surface area contributed by atoms with E-state index in [9.17, 15) is 14.8 Å². The van der Waals surface area contributed by atoms with E-state index in [1.54, 1.807) is 11.4 Å². The van der Waals surface area contributed by atoms with Gasteiger partial charge in [-0.25, -0.2) is 4.98 Å². The Hall–Kier alpha value is -2.28. The Labute approximate surface area is 106 Å². The van der Waals surface area contributed by atoms with Gasteiger partial charge in [0, 0.05) is 23.9 Å². The van der Waals surface area contributed by atoms with Crippen LogP contribution in [0.15, 0.2) is 28.8 Å². The Bertz CT molecular complexity index is 609. The number of nitrogens with zero attached hydrogens (tertiary/aromatic N) is 2. The number of carbonyl (C=O) groups excluding carboxylic acids is 1. The molecule has 18 heavy (non-hydrogen) atoms. The van der Waals surface area contributed by atoms with Gasteiger partial charge in [0.05, 0.1) is 5.69 Å². The third kappa shape index (κ3) is 2.51. The molecule has 7 heteroatoms. The molecule has 0 unspecified atom stereocenters. The van der Waals surface area contributed by atoms with Crippen molar-refractivity contribution < 1.29 is 9.90 Å². The number of rotatable bonds is 3. The number of phenolic OH excluding ortho intramolecular Hbond substituents is 1. The first kappa shape index (κ1) is 12.2. The van der Waals surface area contributed by atoms with Crippen LogP contribution < -0.4 is 5.32 Å². The van der Waals surface area contributed by atoms with Crippen molar-refractivity contribution in [2.75, 3.05) is 5.32 Å². The lowest BCUT2D eigenvalue weighted by molar-refractivity contribution is -0.114. The van der Waals surface area contributed by atoms with Crippen LogP contribution in [0.5, 0.6) is 5.75 Å². The van der Waals surface area contributed by atoms with E-state index in [4.69, 9.17) is 0 Å². The molecule has 92 valence electrons. The van der Waals surface area contributed by atoms with Crippen molar-refractivity contribution in [1.29, 1.82) is 0 Å². The van der Waals surface area contributed by atoms with Crippen LogP contribution in [0, 0.1) is 4.91 Å². The standard InChI is InChI=1S/C11H9N3O3S/c1-6(15)12-11-13-9(5-18-11)8-3-2-7(14-17)4-10(8)16/h2-5,16H,1H3,(H,12,13,15). The Balaban J connectivity index is 2.34. The summed E-state index contributed by atoms with van der Waals surface area (Å²) in [6, 6.07) is 4.30. The molecule has 0 radical (unpaired) electrons. The largest absolute Gasteiger partial charge is 0.507 e. The molecule has 2 N–H and O–H groups in total. The van der Waals surface area contributed by atoms with Gasteiger partial charge in [0.2, 0.25) is 5.91 Å². The Morgan fingerprint density at radius 1 is 1.50 bits per heavy atom. The molecule has 2 aromatic rings. The fraction of sp³-hybridized carbons (Fsp3) is 0.0909. The van der Waals surface area contributed by atoms with Crippen LogP contribution >= 0.6 is 11.3 Å². The van der Waals surface area contributed by atoms with Crippen LogP contribution in [-0.4, -0.2) is 16.0 Å². The molecule has 0 atom stereocenters. The summed E-state index contributed by atoms with van der Waals surface area (Å²) in [5, 5.41) is 17.2. The number of thiazole rings is 1. The number of hydrogen-bond donors (Lipinski definition) is 2. The van der Waals surface area contributed by atoms with Gasteiger partial charge in [-0.05, 0) is 17.3 Å². The van der Waals surface area contributed by atoms with Crippen molar-refractivity contribution in [3.05, 3.63) is 28.5 Å². The van der Waals surface area contributed by atoms with Gasteiger partial charge >= 0.3 is 0 Å². The molecule has 1 aromatic carbocycles. The molecule has 0 bridgehead atoms. The molecule has 0 aliphatic heterocycles. The normalized spacial score (nSPS) is 10.1. The third-order valence-corrected chi connectivity index (χ3v) is 2.91. The third-order valence-electron chi connectivity index (χ3n) is 2.15. The minimum absolute atomic E-state index is 0.0771. The highest BCUT2D eigenvalue weighted by molar-refractivity contribution is 7.14. The summed E-state index contributed by atoms with van der Waals surface area (Å²) < 4.78 is 0. The summed E-state index contributed by atoms with van der Waals surface area (Å²) in [7, 11) is 0. The summed E-state index contributed by atoms with van der Waals surface area (Å²) in [4.78, 5) is 25.3. The second kappa shape index (κ2) is 4.92. The summed E-state index contributed by atoms with van der Waals surface area (Å²) in [5.41, 5.74) is 1.16. The molecule has 0 aliphatic rings. The minimum atomic E-state index is -0.208. The van der Waals surface area contributed by atoms with E-state index in [2.05, 4.69) is 15.5 Å². The van der Waals surface area contributed by atoms with E-state index < -0.39 is 0 Å². The van der Waals surface area contributed by atoms with Gasteiger partial charge in [-0.3, -0.25) is 4.79 Å². The Morgan fingerprint density at radius 3 is 2.89 bits per heavy atom. The molecule has 0 saturated carbocycles. The van der Waals surface area contributed by atoms with Gasteiger partial charge in [0.1, 0.15) is 11.4 Å². The zero-order valence-electron chi connectivity index (χ0n) is 9.38. The number of aromatic hydroxyl groups is 1. The van der Waals surface area contributed by atoms with Gasteiger partial charge in [0.25, 0.3) is 0 Å². The SMILES string of the molecule is CC(=O)Nc1nc(-c2ccc(N=O)cc2O)cs1.